The SMILES string of the molecule is CCNC(=NCC(C)Oc1ccccc1F)NCCCOCC(F)(F)F. The van der Waals surface area contributed by atoms with E-state index in [4.69, 9.17) is 4.74 Å². The van der Waals surface area contributed by atoms with E-state index in [0.717, 1.165) is 0 Å². The summed E-state index contributed by atoms with van der Waals surface area (Å²) < 4.78 is 59.4. The van der Waals surface area contributed by atoms with Crippen LogP contribution in [-0.4, -0.2) is 51.1 Å². The van der Waals surface area contributed by atoms with Gasteiger partial charge in [0.25, 0.3) is 0 Å². The molecule has 0 heterocycles. The lowest BCUT2D eigenvalue weighted by atomic mass is 10.3. The summed E-state index contributed by atoms with van der Waals surface area (Å²) in [5, 5.41) is 6.01. The average Bonchev–Trinajstić information content (AvgIpc) is 2.56. The number of ether oxygens (including phenoxy) is 2. The number of benzene rings is 1. The highest BCUT2D eigenvalue weighted by Crippen LogP contribution is 2.17. The molecule has 0 saturated carbocycles. The van der Waals surface area contributed by atoms with Crippen molar-refractivity contribution in [1.29, 1.82) is 0 Å². The molecule has 0 aliphatic heterocycles. The molecule has 9 heteroatoms. The highest BCUT2D eigenvalue weighted by atomic mass is 19.4. The highest BCUT2D eigenvalue weighted by Gasteiger charge is 2.27. The van der Waals surface area contributed by atoms with Crippen molar-refractivity contribution in [2.45, 2.75) is 32.5 Å². The van der Waals surface area contributed by atoms with E-state index in [1.54, 1.807) is 25.1 Å². The monoisotopic (exact) mass is 379 g/mol. The third-order valence-corrected chi connectivity index (χ3v) is 3.04. The molecule has 1 atom stereocenters. The molecule has 1 rings (SSSR count). The number of guanidine groups is 1. The summed E-state index contributed by atoms with van der Waals surface area (Å²) in [5.41, 5.74) is 0. The minimum absolute atomic E-state index is 0.00128. The first-order valence-electron chi connectivity index (χ1n) is 8.39. The van der Waals surface area contributed by atoms with E-state index in [0.29, 0.717) is 25.5 Å². The molecule has 0 saturated heterocycles. The Balaban J connectivity index is 2.34. The summed E-state index contributed by atoms with van der Waals surface area (Å²) in [4.78, 5) is 4.32. The molecule has 0 aliphatic carbocycles. The van der Waals surface area contributed by atoms with Crippen molar-refractivity contribution in [3.8, 4) is 5.75 Å². The van der Waals surface area contributed by atoms with Crippen LogP contribution < -0.4 is 15.4 Å². The smallest absolute Gasteiger partial charge is 0.411 e. The Labute approximate surface area is 150 Å². The Hall–Kier alpha value is -2.03. The van der Waals surface area contributed by atoms with Gasteiger partial charge < -0.3 is 20.1 Å². The van der Waals surface area contributed by atoms with Crippen molar-refractivity contribution in [2.75, 3.05) is 32.8 Å². The fourth-order valence-electron chi connectivity index (χ4n) is 1.92. The fourth-order valence-corrected chi connectivity index (χ4v) is 1.92. The van der Waals surface area contributed by atoms with E-state index in [1.807, 2.05) is 6.92 Å². The molecule has 1 aromatic rings. The van der Waals surface area contributed by atoms with E-state index in [-0.39, 0.29) is 25.0 Å². The van der Waals surface area contributed by atoms with Crippen LogP contribution in [0.5, 0.6) is 5.75 Å². The summed E-state index contributed by atoms with van der Waals surface area (Å²) >= 11 is 0. The largest absolute Gasteiger partial charge is 0.486 e. The molecule has 5 nitrogen and oxygen atoms in total. The molecule has 0 bridgehead atoms. The zero-order valence-electron chi connectivity index (χ0n) is 14.9. The van der Waals surface area contributed by atoms with Crippen molar-refractivity contribution in [1.82, 2.24) is 10.6 Å². The molecular formula is C17H25F4N3O2. The van der Waals surface area contributed by atoms with E-state index < -0.39 is 18.6 Å². The van der Waals surface area contributed by atoms with E-state index >= 15 is 0 Å². The Morgan fingerprint density at radius 1 is 1.23 bits per heavy atom. The number of halogens is 4. The zero-order valence-corrected chi connectivity index (χ0v) is 14.9. The number of nitrogens with one attached hydrogen (secondary N) is 2. The third kappa shape index (κ3) is 10.1. The molecular weight excluding hydrogens is 354 g/mol. The molecule has 0 radical (unpaired) electrons. The van der Waals surface area contributed by atoms with E-state index in [2.05, 4.69) is 20.4 Å². The second kappa shape index (κ2) is 11.6. The number of alkyl halides is 3. The number of hydrogen-bond acceptors (Lipinski definition) is 3. The molecule has 0 fully saturated rings. The first-order valence-corrected chi connectivity index (χ1v) is 8.39. The molecule has 0 aromatic heterocycles. The maximum Gasteiger partial charge on any atom is 0.411 e. The number of para-hydroxylation sites is 1. The lowest BCUT2D eigenvalue weighted by molar-refractivity contribution is -0.173. The van der Waals surface area contributed by atoms with Gasteiger partial charge in [-0.15, -0.1) is 0 Å². The fraction of sp³-hybridized carbons (Fsp3) is 0.588. The maximum absolute atomic E-state index is 13.5. The van der Waals surface area contributed by atoms with Crippen molar-refractivity contribution in [3.05, 3.63) is 30.1 Å². The summed E-state index contributed by atoms with van der Waals surface area (Å²) in [5.74, 6) is 0.231. The predicted octanol–water partition coefficient (Wildman–Crippen LogP) is 3.12. The van der Waals surface area contributed by atoms with Gasteiger partial charge in [0, 0.05) is 19.7 Å². The number of nitrogens with zero attached hydrogens (tertiary/aromatic N) is 1. The molecule has 2 N–H and O–H groups in total. The second-order valence-electron chi connectivity index (χ2n) is 5.53. The van der Waals surface area contributed by atoms with Gasteiger partial charge in [0.2, 0.25) is 0 Å². The third-order valence-electron chi connectivity index (χ3n) is 3.04. The van der Waals surface area contributed by atoms with Crippen LogP contribution in [0.15, 0.2) is 29.3 Å². The van der Waals surface area contributed by atoms with Gasteiger partial charge in [-0.25, -0.2) is 9.38 Å². The summed E-state index contributed by atoms with van der Waals surface area (Å²) in [6.07, 6.45) is -4.25. The first-order chi connectivity index (χ1) is 12.3. The molecule has 0 amide bonds. The summed E-state index contributed by atoms with van der Waals surface area (Å²) in [7, 11) is 0. The number of aliphatic imine (C=N–C) groups is 1. The Bertz CT molecular complexity index is 553. The Kier molecular flexibility index (Phi) is 9.79. The van der Waals surface area contributed by atoms with Crippen LogP contribution in [0.2, 0.25) is 0 Å². The van der Waals surface area contributed by atoms with Crippen LogP contribution in [0.25, 0.3) is 0 Å². The topological polar surface area (TPSA) is 54.9 Å². The standard InChI is InChI=1S/C17H25F4N3O2/c1-3-22-16(23-9-6-10-25-12-17(19,20)21)24-11-13(2)26-15-8-5-4-7-14(15)18/h4-5,7-8,13H,3,6,9-12H2,1-2H3,(H2,22,23,24). The maximum atomic E-state index is 13.5. The van der Waals surface area contributed by atoms with Crippen molar-refractivity contribution in [2.24, 2.45) is 4.99 Å². The summed E-state index contributed by atoms with van der Waals surface area (Å²) in [6, 6.07) is 6.12. The normalized spacial score (nSPS) is 13.4. The van der Waals surface area contributed by atoms with Crippen LogP contribution in [-0.2, 0) is 4.74 Å². The predicted molar refractivity (Wildman–Crippen MR) is 92.0 cm³/mol. The van der Waals surface area contributed by atoms with Crippen LogP contribution in [0.4, 0.5) is 17.6 Å². The van der Waals surface area contributed by atoms with Gasteiger partial charge in [-0.2, -0.15) is 13.2 Å². The first kappa shape index (κ1) is 22.0. The van der Waals surface area contributed by atoms with Crippen LogP contribution >= 0.6 is 0 Å². The van der Waals surface area contributed by atoms with Gasteiger partial charge in [0.05, 0.1) is 6.54 Å². The Morgan fingerprint density at radius 3 is 2.62 bits per heavy atom. The van der Waals surface area contributed by atoms with E-state index in [1.165, 1.54) is 6.07 Å². The minimum atomic E-state index is -4.31. The minimum Gasteiger partial charge on any atom is -0.486 e. The number of hydrogen-bond donors (Lipinski definition) is 2. The van der Waals surface area contributed by atoms with Crippen LogP contribution in [0.3, 0.4) is 0 Å². The average molecular weight is 379 g/mol. The van der Waals surface area contributed by atoms with Gasteiger partial charge in [-0.05, 0) is 32.4 Å². The quantitative estimate of drug-likeness (QED) is 0.284. The van der Waals surface area contributed by atoms with Gasteiger partial charge in [0.1, 0.15) is 12.7 Å². The van der Waals surface area contributed by atoms with Crippen molar-refractivity contribution >= 4 is 5.96 Å². The van der Waals surface area contributed by atoms with Crippen LogP contribution in [0.1, 0.15) is 20.3 Å². The number of rotatable bonds is 10. The van der Waals surface area contributed by atoms with Crippen molar-refractivity contribution < 1.29 is 27.0 Å². The lowest BCUT2D eigenvalue weighted by Crippen LogP contribution is -2.38. The molecule has 1 unspecified atom stereocenters. The van der Waals surface area contributed by atoms with Crippen LogP contribution in [0, 0.1) is 5.82 Å². The van der Waals surface area contributed by atoms with Gasteiger partial charge >= 0.3 is 6.18 Å². The molecule has 0 spiro atoms. The highest BCUT2D eigenvalue weighted by molar-refractivity contribution is 5.79. The van der Waals surface area contributed by atoms with Gasteiger partial charge in [-0.1, -0.05) is 12.1 Å². The Morgan fingerprint density at radius 2 is 1.96 bits per heavy atom. The molecule has 148 valence electrons. The summed E-state index contributed by atoms with van der Waals surface area (Å²) in [6.45, 7) is 3.73. The molecule has 1 aromatic carbocycles. The van der Waals surface area contributed by atoms with Gasteiger partial charge in [0.15, 0.2) is 17.5 Å². The molecule has 0 aliphatic rings. The van der Waals surface area contributed by atoms with Gasteiger partial charge in [-0.3, -0.25) is 0 Å². The lowest BCUT2D eigenvalue weighted by Gasteiger charge is -2.15. The second-order valence-corrected chi connectivity index (χ2v) is 5.53. The van der Waals surface area contributed by atoms with E-state index in [9.17, 15) is 17.6 Å². The van der Waals surface area contributed by atoms with Crippen molar-refractivity contribution in [3.63, 3.8) is 0 Å². The molecule has 26 heavy (non-hydrogen) atoms. The zero-order chi connectivity index (χ0) is 19.4.